The Hall–Kier alpha value is -2.32. The van der Waals surface area contributed by atoms with Crippen LogP contribution < -0.4 is 5.46 Å². The lowest BCUT2D eigenvalue weighted by atomic mass is 9.79. The Morgan fingerprint density at radius 3 is 2.46 bits per heavy atom. The summed E-state index contributed by atoms with van der Waals surface area (Å²) in [6.07, 6.45) is 2.58. The van der Waals surface area contributed by atoms with Gasteiger partial charge in [-0.05, 0) is 46.0 Å². The van der Waals surface area contributed by atoms with E-state index in [0.29, 0.717) is 12.4 Å². The number of benzene rings is 1. The van der Waals surface area contributed by atoms with Gasteiger partial charge >= 0.3 is 13.2 Å². The number of rotatable bonds is 3. The summed E-state index contributed by atoms with van der Waals surface area (Å²) in [6.45, 7) is 8.71. The second-order valence-electron chi connectivity index (χ2n) is 8.52. The second-order valence-corrected chi connectivity index (χ2v) is 8.52. The summed E-state index contributed by atoms with van der Waals surface area (Å²) in [4.78, 5) is 20.6. The molecule has 1 aromatic heterocycles. The maximum atomic E-state index is 11.4. The Balaban J connectivity index is 1.51. The normalized spacial score (nSPS) is 23.4. The Labute approximate surface area is 165 Å². The molecule has 3 heterocycles. The summed E-state index contributed by atoms with van der Waals surface area (Å²) in [5.41, 5.74) is 1.98. The van der Waals surface area contributed by atoms with Gasteiger partial charge in [0.25, 0.3) is 0 Å². The van der Waals surface area contributed by atoms with E-state index in [1.54, 1.807) is 0 Å². The minimum absolute atomic E-state index is 0.199. The van der Waals surface area contributed by atoms with Crippen molar-refractivity contribution in [3.63, 3.8) is 0 Å². The number of aromatic amines is 1. The van der Waals surface area contributed by atoms with E-state index in [4.69, 9.17) is 9.31 Å². The van der Waals surface area contributed by atoms with Crippen molar-refractivity contribution in [2.24, 2.45) is 0 Å². The topological polar surface area (TPSA) is 87.7 Å². The van der Waals surface area contributed by atoms with Gasteiger partial charge in [-0.3, -0.25) is 4.90 Å². The maximum Gasteiger partial charge on any atom is 0.494 e. The number of amides is 1. The van der Waals surface area contributed by atoms with Crippen LogP contribution in [0.4, 0.5) is 4.79 Å². The molecule has 0 saturated carbocycles. The third-order valence-electron chi connectivity index (χ3n) is 6.14. The number of carboxylic acid groups (broad SMARTS) is 1. The van der Waals surface area contributed by atoms with Crippen LogP contribution in [0.3, 0.4) is 0 Å². The monoisotopic (exact) mass is 383 g/mol. The molecular weight excluding hydrogens is 357 g/mol. The predicted octanol–water partition coefficient (Wildman–Crippen LogP) is 3.19. The lowest BCUT2D eigenvalue weighted by Crippen LogP contribution is -2.41. The van der Waals surface area contributed by atoms with Crippen LogP contribution in [0.15, 0.2) is 30.5 Å². The SMILES string of the molecule is CC1(C)OB(c2ccc(-c3c[nH]c([C@@H]4CCCN4C(=O)O)n3)cc2)OC1(C)C. The number of H-pyrrole nitrogens is 1. The van der Waals surface area contributed by atoms with Crippen molar-refractivity contribution in [2.75, 3.05) is 6.54 Å². The van der Waals surface area contributed by atoms with E-state index in [2.05, 4.69) is 9.97 Å². The number of nitrogens with one attached hydrogen (secondary N) is 1. The summed E-state index contributed by atoms with van der Waals surface area (Å²) >= 11 is 0. The van der Waals surface area contributed by atoms with E-state index >= 15 is 0 Å². The number of imidazole rings is 1. The first-order valence-corrected chi connectivity index (χ1v) is 9.69. The highest BCUT2D eigenvalue weighted by atomic mass is 16.7. The minimum Gasteiger partial charge on any atom is -0.465 e. The van der Waals surface area contributed by atoms with E-state index in [0.717, 1.165) is 29.6 Å². The van der Waals surface area contributed by atoms with Crippen LogP contribution in [0.2, 0.25) is 0 Å². The fourth-order valence-electron chi connectivity index (χ4n) is 3.73. The molecular formula is C20H26BN3O4. The molecule has 1 amide bonds. The van der Waals surface area contributed by atoms with Gasteiger partial charge in [0.05, 0.1) is 22.9 Å². The highest BCUT2D eigenvalue weighted by molar-refractivity contribution is 6.62. The Kier molecular flexibility index (Phi) is 4.51. The highest BCUT2D eigenvalue weighted by Gasteiger charge is 2.51. The predicted molar refractivity (Wildman–Crippen MR) is 106 cm³/mol. The van der Waals surface area contributed by atoms with Crippen molar-refractivity contribution < 1.29 is 19.2 Å². The number of carbonyl (C=O) groups is 1. The molecule has 7 nitrogen and oxygen atoms in total. The maximum absolute atomic E-state index is 11.4. The Morgan fingerprint density at radius 1 is 1.21 bits per heavy atom. The van der Waals surface area contributed by atoms with Crippen LogP contribution >= 0.6 is 0 Å². The van der Waals surface area contributed by atoms with Gasteiger partial charge < -0.3 is 19.4 Å². The molecule has 0 bridgehead atoms. The molecule has 0 unspecified atom stereocenters. The van der Waals surface area contributed by atoms with Crippen LogP contribution in [-0.2, 0) is 9.31 Å². The average molecular weight is 383 g/mol. The first-order chi connectivity index (χ1) is 13.2. The zero-order valence-corrected chi connectivity index (χ0v) is 16.7. The van der Waals surface area contributed by atoms with Crippen LogP contribution in [0, 0.1) is 0 Å². The van der Waals surface area contributed by atoms with E-state index in [9.17, 15) is 9.90 Å². The molecule has 2 aromatic rings. The number of hydrogen-bond donors (Lipinski definition) is 2. The summed E-state index contributed by atoms with van der Waals surface area (Å²) < 4.78 is 12.2. The lowest BCUT2D eigenvalue weighted by Gasteiger charge is -2.32. The third kappa shape index (κ3) is 3.20. The van der Waals surface area contributed by atoms with Gasteiger partial charge in [-0.1, -0.05) is 24.3 Å². The first-order valence-electron chi connectivity index (χ1n) is 9.69. The number of aromatic nitrogens is 2. The quantitative estimate of drug-likeness (QED) is 0.795. The van der Waals surface area contributed by atoms with Gasteiger partial charge in [0.15, 0.2) is 0 Å². The molecule has 28 heavy (non-hydrogen) atoms. The average Bonchev–Trinajstić information content (AvgIpc) is 3.33. The molecule has 4 rings (SSSR count). The molecule has 0 spiro atoms. The molecule has 8 heteroatoms. The van der Waals surface area contributed by atoms with Gasteiger partial charge in [0, 0.05) is 18.3 Å². The molecule has 0 radical (unpaired) electrons. The van der Waals surface area contributed by atoms with Crippen LogP contribution in [0.5, 0.6) is 0 Å². The number of likely N-dealkylation sites (tertiary alicyclic amines) is 1. The summed E-state index contributed by atoms with van der Waals surface area (Å²) in [7, 11) is -0.392. The van der Waals surface area contributed by atoms with E-state index in [-0.39, 0.29) is 17.2 Å². The standard InChI is InChI=1S/C20H26BN3O4/c1-19(2)20(3,4)28-21(27-19)14-9-7-13(8-10-14)15-12-22-17(23-15)16-6-5-11-24(16)18(25)26/h7-10,12,16H,5-6,11H2,1-4H3,(H,22,23)(H,25,26)/t16-/m0/s1. The number of nitrogens with zero attached hydrogens (tertiary/aromatic N) is 2. The Morgan fingerprint density at radius 2 is 1.86 bits per heavy atom. The first kappa shape index (κ1) is 19.0. The minimum atomic E-state index is -0.896. The van der Waals surface area contributed by atoms with Crippen LogP contribution in [0.25, 0.3) is 11.3 Å². The van der Waals surface area contributed by atoms with Crippen LogP contribution in [-0.4, -0.2) is 50.9 Å². The molecule has 2 aliphatic rings. The van der Waals surface area contributed by atoms with Crippen molar-refractivity contribution in [1.82, 2.24) is 14.9 Å². The zero-order chi connectivity index (χ0) is 20.1. The van der Waals surface area contributed by atoms with E-state index < -0.39 is 13.2 Å². The smallest absolute Gasteiger partial charge is 0.465 e. The zero-order valence-electron chi connectivity index (χ0n) is 16.7. The number of hydrogen-bond acceptors (Lipinski definition) is 4. The van der Waals surface area contributed by atoms with Crippen LogP contribution in [0.1, 0.15) is 52.4 Å². The van der Waals surface area contributed by atoms with Gasteiger partial charge in [0.2, 0.25) is 0 Å². The lowest BCUT2D eigenvalue weighted by molar-refractivity contribution is 0.00578. The summed E-state index contributed by atoms with van der Waals surface area (Å²) in [6, 6.07) is 7.76. The summed E-state index contributed by atoms with van der Waals surface area (Å²) in [5, 5.41) is 9.34. The third-order valence-corrected chi connectivity index (χ3v) is 6.14. The van der Waals surface area contributed by atoms with Crippen molar-refractivity contribution in [3.05, 3.63) is 36.3 Å². The molecule has 0 aliphatic carbocycles. The van der Waals surface area contributed by atoms with Crippen molar-refractivity contribution in [3.8, 4) is 11.3 Å². The second kappa shape index (κ2) is 6.63. The largest absolute Gasteiger partial charge is 0.494 e. The van der Waals surface area contributed by atoms with Crippen molar-refractivity contribution in [1.29, 1.82) is 0 Å². The Bertz CT molecular complexity index is 862. The molecule has 1 atom stereocenters. The van der Waals surface area contributed by atoms with Crippen molar-refractivity contribution >= 4 is 18.7 Å². The van der Waals surface area contributed by atoms with E-state index in [1.165, 1.54) is 4.90 Å². The summed E-state index contributed by atoms with van der Waals surface area (Å²) in [5.74, 6) is 0.699. The van der Waals surface area contributed by atoms with Crippen molar-refractivity contribution in [2.45, 2.75) is 57.8 Å². The fourth-order valence-corrected chi connectivity index (χ4v) is 3.73. The van der Waals surface area contributed by atoms with Gasteiger partial charge in [-0.2, -0.15) is 0 Å². The molecule has 2 N–H and O–H groups in total. The molecule has 1 aromatic carbocycles. The van der Waals surface area contributed by atoms with Gasteiger partial charge in [0.1, 0.15) is 5.82 Å². The molecule has 2 saturated heterocycles. The van der Waals surface area contributed by atoms with Gasteiger partial charge in [-0.25, -0.2) is 9.78 Å². The molecule has 2 aliphatic heterocycles. The van der Waals surface area contributed by atoms with Gasteiger partial charge in [-0.15, -0.1) is 0 Å². The molecule has 2 fully saturated rings. The van der Waals surface area contributed by atoms with E-state index in [1.807, 2.05) is 58.2 Å². The highest BCUT2D eigenvalue weighted by Crippen LogP contribution is 2.36. The molecule has 148 valence electrons. The fraction of sp³-hybridized carbons (Fsp3) is 0.500.